The lowest BCUT2D eigenvalue weighted by Gasteiger charge is -2.28. The number of benzene rings is 1. The van der Waals surface area contributed by atoms with E-state index in [1.54, 1.807) is 35.3 Å². The summed E-state index contributed by atoms with van der Waals surface area (Å²) in [4.78, 5) is 16.0. The van der Waals surface area contributed by atoms with E-state index in [0.717, 1.165) is 35.0 Å². The van der Waals surface area contributed by atoms with Crippen LogP contribution < -0.4 is 15.5 Å². The SMILES string of the molecule is Cn1nc(-c2cccs2)cc1C(=O)Nc1ccc(Nc2cc(N3CCOCC3)cnn2)cc1. The van der Waals surface area contributed by atoms with Crippen molar-refractivity contribution in [2.75, 3.05) is 41.8 Å². The molecule has 0 bridgehead atoms. The first-order valence-electron chi connectivity index (χ1n) is 10.6. The molecule has 3 aromatic heterocycles. The summed E-state index contributed by atoms with van der Waals surface area (Å²) in [7, 11) is 1.77. The number of hydrogen-bond donors (Lipinski definition) is 2. The Balaban J connectivity index is 1.23. The van der Waals surface area contributed by atoms with Gasteiger partial charge in [0.2, 0.25) is 0 Å². The van der Waals surface area contributed by atoms with Crippen LogP contribution in [0.5, 0.6) is 0 Å². The van der Waals surface area contributed by atoms with Crippen molar-refractivity contribution in [1.82, 2.24) is 20.0 Å². The van der Waals surface area contributed by atoms with E-state index in [9.17, 15) is 4.79 Å². The molecule has 5 rings (SSSR count). The molecule has 1 saturated heterocycles. The van der Waals surface area contributed by atoms with Crippen LogP contribution in [0.4, 0.5) is 22.9 Å². The van der Waals surface area contributed by atoms with E-state index in [1.165, 1.54) is 0 Å². The van der Waals surface area contributed by atoms with E-state index < -0.39 is 0 Å². The molecule has 2 N–H and O–H groups in total. The number of morpholine rings is 1. The highest BCUT2D eigenvalue weighted by Gasteiger charge is 2.15. The molecular formula is C23H23N7O2S. The molecule has 0 atom stereocenters. The first-order chi connectivity index (χ1) is 16.2. The molecule has 168 valence electrons. The Morgan fingerprint density at radius 2 is 1.88 bits per heavy atom. The monoisotopic (exact) mass is 461 g/mol. The minimum absolute atomic E-state index is 0.211. The molecule has 9 nitrogen and oxygen atoms in total. The van der Waals surface area contributed by atoms with Crippen molar-refractivity contribution in [2.24, 2.45) is 7.05 Å². The fourth-order valence-electron chi connectivity index (χ4n) is 3.62. The molecule has 0 radical (unpaired) electrons. The second kappa shape index (κ2) is 9.39. The number of rotatable bonds is 6. The number of nitrogens with zero attached hydrogens (tertiary/aromatic N) is 5. The zero-order valence-corrected chi connectivity index (χ0v) is 18.9. The lowest BCUT2D eigenvalue weighted by molar-refractivity contribution is 0.101. The number of carbonyl (C=O) groups is 1. The van der Waals surface area contributed by atoms with Crippen molar-refractivity contribution >= 4 is 40.1 Å². The van der Waals surface area contributed by atoms with Gasteiger partial charge in [0.05, 0.1) is 30.0 Å². The van der Waals surface area contributed by atoms with Gasteiger partial charge in [-0.1, -0.05) is 6.07 Å². The van der Waals surface area contributed by atoms with E-state index in [-0.39, 0.29) is 5.91 Å². The maximum Gasteiger partial charge on any atom is 0.273 e. The molecule has 1 aromatic carbocycles. The fourth-order valence-corrected chi connectivity index (χ4v) is 4.30. The van der Waals surface area contributed by atoms with Gasteiger partial charge < -0.3 is 20.3 Å². The Hall–Kier alpha value is -3.76. The van der Waals surface area contributed by atoms with E-state index >= 15 is 0 Å². The molecule has 4 aromatic rings. The third-order valence-corrected chi connectivity index (χ3v) is 6.21. The molecule has 33 heavy (non-hydrogen) atoms. The van der Waals surface area contributed by atoms with Gasteiger partial charge in [0.15, 0.2) is 5.82 Å². The Morgan fingerprint density at radius 3 is 2.64 bits per heavy atom. The number of aryl methyl sites for hydroxylation is 1. The summed E-state index contributed by atoms with van der Waals surface area (Å²) in [6, 6.07) is 15.2. The van der Waals surface area contributed by atoms with Gasteiger partial charge in [-0.2, -0.15) is 10.2 Å². The molecule has 0 aliphatic carbocycles. The Morgan fingerprint density at radius 1 is 1.09 bits per heavy atom. The normalized spacial score (nSPS) is 13.7. The quantitative estimate of drug-likeness (QED) is 0.451. The highest BCUT2D eigenvalue weighted by molar-refractivity contribution is 7.13. The minimum Gasteiger partial charge on any atom is -0.378 e. The van der Waals surface area contributed by atoms with Gasteiger partial charge in [-0.25, -0.2) is 0 Å². The maximum atomic E-state index is 12.8. The summed E-state index contributed by atoms with van der Waals surface area (Å²) in [5.74, 6) is 0.448. The number of aromatic nitrogens is 4. The topological polar surface area (TPSA) is 97.2 Å². The third kappa shape index (κ3) is 4.86. The lowest BCUT2D eigenvalue weighted by Crippen LogP contribution is -2.36. The molecule has 4 heterocycles. The highest BCUT2D eigenvalue weighted by atomic mass is 32.1. The van der Waals surface area contributed by atoms with Gasteiger partial charge in [-0.3, -0.25) is 9.48 Å². The van der Waals surface area contributed by atoms with Gasteiger partial charge in [-0.15, -0.1) is 16.4 Å². The maximum absolute atomic E-state index is 12.8. The molecule has 1 aliphatic heterocycles. The lowest BCUT2D eigenvalue weighted by atomic mass is 10.2. The number of ether oxygens (including phenoxy) is 1. The summed E-state index contributed by atoms with van der Waals surface area (Å²) in [6.07, 6.45) is 1.76. The smallest absolute Gasteiger partial charge is 0.273 e. The van der Waals surface area contributed by atoms with Crippen molar-refractivity contribution in [3.05, 3.63) is 65.8 Å². The van der Waals surface area contributed by atoms with Crippen LogP contribution in [0.3, 0.4) is 0 Å². The van der Waals surface area contributed by atoms with Crippen molar-refractivity contribution in [2.45, 2.75) is 0 Å². The molecular weight excluding hydrogens is 438 g/mol. The van der Waals surface area contributed by atoms with Crippen LogP contribution in [0.1, 0.15) is 10.5 Å². The van der Waals surface area contributed by atoms with Gasteiger partial charge in [0.25, 0.3) is 5.91 Å². The number of thiophene rings is 1. The Kier molecular flexibility index (Phi) is 6.01. The van der Waals surface area contributed by atoms with Crippen LogP contribution in [0.15, 0.2) is 60.1 Å². The van der Waals surface area contributed by atoms with Gasteiger partial charge in [-0.05, 0) is 41.8 Å². The first-order valence-corrected chi connectivity index (χ1v) is 11.5. The van der Waals surface area contributed by atoms with Crippen molar-refractivity contribution < 1.29 is 9.53 Å². The number of amides is 1. The molecule has 0 unspecified atom stereocenters. The second-order valence-corrected chi connectivity index (χ2v) is 8.52. The number of carbonyl (C=O) groups excluding carboxylic acids is 1. The molecule has 1 amide bonds. The molecule has 0 saturated carbocycles. The summed E-state index contributed by atoms with van der Waals surface area (Å²) in [6.45, 7) is 3.11. The third-order valence-electron chi connectivity index (χ3n) is 5.32. The predicted molar refractivity (Wildman–Crippen MR) is 129 cm³/mol. The van der Waals surface area contributed by atoms with Crippen LogP contribution in [0.25, 0.3) is 10.6 Å². The van der Waals surface area contributed by atoms with E-state index in [2.05, 4.69) is 30.8 Å². The zero-order chi connectivity index (χ0) is 22.6. The number of hydrogen-bond acceptors (Lipinski definition) is 8. The van der Waals surface area contributed by atoms with Crippen LogP contribution in [0.2, 0.25) is 0 Å². The molecule has 1 fully saturated rings. The summed E-state index contributed by atoms with van der Waals surface area (Å²) in [5, 5.41) is 20.9. The van der Waals surface area contributed by atoms with Gasteiger partial charge in [0.1, 0.15) is 11.4 Å². The van der Waals surface area contributed by atoms with Gasteiger partial charge in [0, 0.05) is 37.6 Å². The largest absolute Gasteiger partial charge is 0.378 e. The first kappa shape index (κ1) is 21.1. The van der Waals surface area contributed by atoms with Gasteiger partial charge >= 0.3 is 0 Å². The van der Waals surface area contributed by atoms with E-state index in [1.807, 2.05) is 47.8 Å². The summed E-state index contributed by atoms with van der Waals surface area (Å²) < 4.78 is 7.01. The van der Waals surface area contributed by atoms with Crippen LogP contribution >= 0.6 is 11.3 Å². The second-order valence-electron chi connectivity index (χ2n) is 7.57. The standard InChI is InChI=1S/C23H23N7O2S/c1-29-20(14-19(28-29)21-3-2-12-33-21)23(31)26-17-6-4-16(5-7-17)25-22-13-18(15-24-27-22)30-8-10-32-11-9-30/h2-7,12-15H,8-11H2,1H3,(H,25,27)(H,26,31). The van der Waals surface area contributed by atoms with Crippen molar-refractivity contribution in [3.8, 4) is 10.6 Å². The Bertz CT molecular complexity index is 1230. The highest BCUT2D eigenvalue weighted by Crippen LogP contribution is 2.25. The fraction of sp³-hybridized carbons (Fsp3) is 0.217. The number of anilines is 4. The molecule has 10 heteroatoms. The van der Waals surface area contributed by atoms with Crippen LogP contribution in [0, 0.1) is 0 Å². The minimum atomic E-state index is -0.211. The average molecular weight is 462 g/mol. The van der Waals surface area contributed by atoms with Crippen molar-refractivity contribution in [3.63, 3.8) is 0 Å². The molecule has 1 aliphatic rings. The van der Waals surface area contributed by atoms with Crippen LogP contribution in [-0.4, -0.2) is 52.2 Å². The van der Waals surface area contributed by atoms with Crippen LogP contribution in [-0.2, 0) is 11.8 Å². The molecule has 0 spiro atoms. The van der Waals surface area contributed by atoms with Crippen molar-refractivity contribution in [1.29, 1.82) is 0 Å². The van der Waals surface area contributed by atoms with E-state index in [4.69, 9.17) is 4.74 Å². The average Bonchev–Trinajstić information content (AvgIpc) is 3.51. The Labute approximate surface area is 195 Å². The summed E-state index contributed by atoms with van der Waals surface area (Å²) in [5.41, 5.74) is 3.84. The zero-order valence-electron chi connectivity index (χ0n) is 18.1. The number of nitrogens with one attached hydrogen (secondary N) is 2. The predicted octanol–water partition coefficient (Wildman–Crippen LogP) is 3.77. The summed E-state index contributed by atoms with van der Waals surface area (Å²) >= 11 is 1.59. The van der Waals surface area contributed by atoms with E-state index in [0.29, 0.717) is 30.4 Å².